The molecule has 2 heterocycles. The Kier molecular flexibility index (Phi) is 5.53. The minimum absolute atomic E-state index is 0.154. The molecule has 4 rings (SSSR count). The number of thiazole rings is 1. The van der Waals surface area contributed by atoms with E-state index in [1.165, 1.54) is 21.4 Å². The number of nitrogens with zero attached hydrogens (tertiary/aromatic N) is 3. The summed E-state index contributed by atoms with van der Waals surface area (Å²) in [6.07, 6.45) is 6.59. The summed E-state index contributed by atoms with van der Waals surface area (Å²) in [4.78, 5) is 17.7. The fourth-order valence-corrected chi connectivity index (χ4v) is 3.71. The molecule has 0 atom stereocenters. The summed E-state index contributed by atoms with van der Waals surface area (Å²) in [5.74, 6) is 1.36. The lowest BCUT2D eigenvalue weighted by Gasteiger charge is -2.03. The number of hydrogen-bond acceptors (Lipinski definition) is 5. The fourth-order valence-electron chi connectivity index (χ4n) is 2.80. The number of ether oxygens (including phenoxy) is 1. The summed E-state index contributed by atoms with van der Waals surface area (Å²) < 4.78 is 7.56. The van der Waals surface area contributed by atoms with E-state index in [4.69, 9.17) is 4.74 Å². The molecule has 0 aliphatic rings. The Bertz CT molecular complexity index is 1250. The first-order chi connectivity index (χ1) is 14.1. The van der Waals surface area contributed by atoms with Crippen molar-refractivity contribution in [2.45, 2.75) is 20.3 Å². The Morgan fingerprint density at radius 1 is 1.03 bits per heavy atom. The maximum absolute atomic E-state index is 12.7. The summed E-state index contributed by atoms with van der Waals surface area (Å²) in [5.41, 5.74) is 3.07. The van der Waals surface area contributed by atoms with Crippen LogP contribution in [0.5, 0.6) is 5.75 Å². The molecule has 0 bridgehead atoms. The summed E-state index contributed by atoms with van der Waals surface area (Å²) in [7, 11) is 0. The normalized spacial score (nSPS) is 12.3. The van der Waals surface area contributed by atoms with Gasteiger partial charge in [-0.25, -0.2) is 0 Å². The molecule has 0 fully saturated rings. The van der Waals surface area contributed by atoms with Gasteiger partial charge in [0.25, 0.3) is 5.56 Å². The van der Waals surface area contributed by atoms with Crippen LogP contribution in [0.15, 0.2) is 53.3 Å². The van der Waals surface area contributed by atoms with Crippen molar-refractivity contribution in [3.63, 3.8) is 0 Å². The van der Waals surface area contributed by atoms with Gasteiger partial charge in [0.2, 0.25) is 4.96 Å². The average molecular weight is 404 g/mol. The van der Waals surface area contributed by atoms with Gasteiger partial charge in [-0.2, -0.15) is 9.50 Å². The number of aromatic nitrogens is 3. The monoisotopic (exact) mass is 403 g/mol. The number of aryl methyl sites for hydroxylation is 1. The van der Waals surface area contributed by atoms with Gasteiger partial charge in [-0.1, -0.05) is 66.3 Å². The molecule has 5 nitrogen and oxygen atoms in total. The molecule has 0 aliphatic heterocycles. The largest absolute Gasteiger partial charge is 0.494 e. The smallest absolute Gasteiger partial charge is 0.291 e. The third kappa shape index (κ3) is 4.43. The van der Waals surface area contributed by atoms with E-state index >= 15 is 0 Å². The van der Waals surface area contributed by atoms with Crippen LogP contribution < -0.4 is 14.8 Å². The van der Waals surface area contributed by atoms with Crippen LogP contribution in [-0.2, 0) is 0 Å². The lowest BCUT2D eigenvalue weighted by atomic mass is 10.1. The van der Waals surface area contributed by atoms with Gasteiger partial charge in [0, 0.05) is 0 Å². The molecule has 6 heteroatoms. The first-order valence-corrected chi connectivity index (χ1v) is 10.3. The Morgan fingerprint density at radius 2 is 1.76 bits per heavy atom. The molecule has 146 valence electrons. The molecule has 0 saturated carbocycles. The third-order valence-electron chi connectivity index (χ3n) is 4.35. The highest BCUT2D eigenvalue weighted by Crippen LogP contribution is 2.13. The summed E-state index contributed by atoms with van der Waals surface area (Å²) in [6.45, 7) is 4.82. The molecule has 0 aliphatic carbocycles. The van der Waals surface area contributed by atoms with E-state index in [2.05, 4.69) is 36.1 Å². The van der Waals surface area contributed by atoms with E-state index in [1.807, 2.05) is 54.6 Å². The van der Waals surface area contributed by atoms with Crippen LogP contribution in [0.3, 0.4) is 0 Å². The molecule has 0 spiro atoms. The molecule has 0 radical (unpaired) electrons. The van der Waals surface area contributed by atoms with E-state index < -0.39 is 0 Å². The second-order valence-electron chi connectivity index (χ2n) is 6.74. The topological polar surface area (TPSA) is 56.5 Å². The van der Waals surface area contributed by atoms with E-state index in [0.717, 1.165) is 23.3 Å². The average Bonchev–Trinajstić information content (AvgIpc) is 3.26. The number of rotatable bonds is 6. The maximum Gasteiger partial charge on any atom is 0.291 e. The molecular weight excluding hydrogens is 382 g/mol. The van der Waals surface area contributed by atoms with Crippen molar-refractivity contribution in [3.8, 4) is 5.75 Å². The Labute approximate surface area is 172 Å². The minimum atomic E-state index is -0.154. The Morgan fingerprint density at radius 3 is 2.45 bits per heavy atom. The quantitative estimate of drug-likeness (QED) is 0.489. The highest BCUT2D eigenvalue weighted by Gasteiger charge is 2.08. The van der Waals surface area contributed by atoms with Crippen molar-refractivity contribution in [1.29, 1.82) is 0 Å². The SMILES string of the molecule is CCCOc1ccc(C=c2sc3nc(C=Cc4ccc(C)cc4)nn3c2=O)cc1. The van der Waals surface area contributed by atoms with Crippen molar-refractivity contribution < 1.29 is 4.74 Å². The number of benzene rings is 2. The van der Waals surface area contributed by atoms with Crippen LogP contribution in [0.4, 0.5) is 0 Å². The fraction of sp³-hybridized carbons (Fsp3) is 0.174. The van der Waals surface area contributed by atoms with Crippen LogP contribution in [0, 0.1) is 6.92 Å². The predicted molar refractivity (Wildman–Crippen MR) is 118 cm³/mol. The highest BCUT2D eigenvalue weighted by molar-refractivity contribution is 7.15. The predicted octanol–water partition coefficient (Wildman–Crippen LogP) is 3.97. The molecule has 2 aromatic carbocycles. The standard InChI is InChI=1S/C23H21N3O2S/c1-3-14-28-19-11-8-18(9-12-19)15-20-22(27)26-23(29-20)24-21(25-26)13-10-17-6-4-16(2)5-7-17/h4-13,15H,3,14H2,1-2H3. The first-order valence-electron chi connectivity index (χ1n) is 9.51. The van der Waals surface area contributed by atoms with E-state index in [9.17, 15) is 4.79 Å². The van der Waals surface area contributed by atoms with Crippen LogP contribution in [0.25, 0.3) is 23.2 Å². The molecule has 0 saturated heterocycles. The van der Waals surface area contributed by atoms with Gasteiger partial charge in [-0.15, -0.1) is 5.10 Å². The summed E-state index contributed by atoms with van der Waals surface area (Å²) in [5, 5.41) is 4.33. The Balaban J connectivity index is 1.57. The minimum Gasteiger partial charge on any atom is -0.494 e. The van der Waals surface area contributed by atoms with Gasteiger partial charge in [-0.05, 0) is 48.8 Å². The van der Waals surface area contributed by atoms with E-state index in [1.54, 1.807) is 0 Å². The van der Waals surface area contributed by atoms with Crippen LogP contribution in [-0.4, -0.2) is 21.2 Å². The summed E-state index contributed by atoms with van der Waals surface area (Å²) in [6, 6.07) is 15.9. The molecule has 4 aromatic rings. The van der Waals surface area contributed by atoms with Crippen LogP contribution in [0.1, 0.15) is 35.9 Å². The number of hydrogen-bond donors (Lipinski definition) is 0. The van der Waals surface area contributed by atoms with Gasteiger partial charge in [0.1, 0.15) is 5.75 Å². The zero-order valence-corrected chi connectivity index (χ0v) is 17.1. The van der Waals surface area contributed by atoms with Crippen molar-refractivity contribution in [1.82, 2.24) is 14.6 Å². The maximum atomic E-state index is 12.7. The van der Waals surface area contributed by atoms with Gasteiger partial charge in [-0.3, -0.25) is 4.79 Å². The second-order valence-corrected chi connectivity index (χ2v) is 7.75. The third-order valence-corrected chi connectivity index (χ3v) is 5.31. The number of fused-ring (bicyclic) bond motifs is 1. The highest BCUT2D eigenvalue weighted by atomic mass is 32.1. The molecule has 0 unspecified atom stereocenters. The molecule has 29 heavy (non-hydrogen) atoms. The molecule has 2 aromatic heterocycles. The van der Waals surface area contributed by atoms with Crippen molar-refractivity contribution in [2.75, 3.05) is 6.61 Å². The van der Waals surface area contributed by atoms with Gasteiger partial charge in [0.05, 0.1) is 11.1 Å². The second kappa shape index (κ2) is 8.41. The van der Waals surface area contributed by atoms with Gasteiger partial charge in [0.15, 0.2) is 5.82 Å². The lowest BCUT2D eigenvalue weighted by molar-refractivity contribution is 0.317. The van der Waals surface area contributed by atoms with E-state index in [0.29, 0.717) is 21.9 Å². The van der Waals surface area contributed by atoms with Crippen molar-refractivity contribution in [3.05, 3.63) is 85.9 Å². The van der Waals surface area contributed by atoms with Gasteiger partial charge < -0.3 is 4.74 Å². The zero-order valence-electron chi connectivity index (χ0n) is 16.3. The molecular formula is C23H21N3O2S. The summed E-state index contributed by atoms with van der Waals surface area (Å²) >= 11 is 1.34. The van der Waals surface area contributed by atoms with E-state index in [-0.39, 0.29) is 5.56 Å². The van der Waals surface area contributed by atoms with Gasteiger partial charge >= 0.3 is 0 Å². The van der Waals surface area contributed by atoms with Crippen molar-refractivity contribution in [2.24, 2.45) is 0 Å². The van der Waals surface area contributed by atoms with Crippen LogP contribution >= 0.6 is 11.3 Å². The zero-order chi connectivity index (χ0) is 20.2. The molecule has 0 amide bonds. The lowest BCUT2D eigenvalue weighted by Crippen LogP contribution is -2.23. The van der Waals surface area contributed by atoms with Crippen molar-refractivity contribution >= 4 is 34.5 Å². The first kappa shape index (κ1) is 19.1. The van der Waals surface area contributed by atoms with Crippen LogP contribution in [0.2, 0.25) is 0 Å². The Hall–Kier alpha value is -3.25. The molecule has 0 N–H and O–H groups in total.